The van der Waals surface area contributed by atoms with Crippen molar-refractivity contribution in [3.63, 3.8) is 0 Å². The molecule has 1 unspecified atom stereocenters. The second-order valence-corrected chi connectivity index (χ2v) is 5.05. The van der Waals surface area contributed by atoms with E-state index in [-0.39, 0.29) is 12.5 Å². The Hall–Kier alpha value is -0.680. The Morgan fingerprint density at radius 2 is 2.06 bits per heavy atom. The molecule has 17 heavy (non-hydrogen) atoms. The molecule has 1 aliphatic rings. The van der Waals surface area contributed by atoms with Gasteiger partial charge in [-0.3, -0.25) is 0 Å². The van der Waals surface area contributed by atoms with Crippen LogP contribution in [0.1, 0.15) is 17.9 Å². The third-order valence-corrected chi connectivity index (χ3v) is 3.90. The number of ether oxygens (including phenoxy) is 1. The first-order chi connectivity index (χ1) is 8.06. The molecular weight excluding hydrogens is 249 g/mol. The number of fused-ring (bicyclic) bond motifs is 1. The molecule has 1 aromatic carbocycles. The normalized spacial score (nSPS) is 19.4. The summed E-state index contributed by atoms with van der Waals surface area (Å²) < 4.78 is 40.9. The molecule has 0 saturated heterocycles. The summed E-state index contributed by atoms with van der Waals surface area (Å²) in [6, 6.07) is 7.98. The molecular formula is C12H13F3OS. The highest BCUT2D eigenvalue weighted by molar-refractivity contribution is 7.99. The molecule has 1 heterocycles. The second-order valence-electron chi connectivity index (χ2n) is 3.99. The first-order valence-electron chi connectivity index (χ1n) is 5.42. The van der Waals surface area contributed by atoms with Crippen LogP contribution >= 0.6 is 11.8 Å². The van der Waals surface area contributed by atoms with Gasteiger partial charge in [-0.2, -0.15) is 13.2 Å². The predicted octanol–water partition coefficient (Wildman–Crippen LogP) is 3.84. The number of benzene rings is 1. The van der Waals surface area contributed by atoms with Gasteiger partial charge < -0.3 is 4.74 Å². The van der Waals surface area contributed by atoms with Gasteiger partial charge in [0.2, 0.25) is 0 Å². The fraction of sp³-hybridized carbons (Fsp3) is 0.500. The Morgan fingerprint density at radius 3 is 2.82 bits per heavy atom. The van der Waals surface area contributed by atoms with E-state index in [0.717, 1.165) is 5.75 Å². The molecule has 0 saturated carbocycles. The van der Waals surface area contributed by atoms with E-state index in [2.05, 4.69) is 0 Å². The van der Waals surface area contributed by atoms with Crippen molar-refractivity contribution < 1.29 is 17.9 Å². The molecule has 94 valence electrons. The van der Waals surface area contributed by atoms with Crippen molar-refractivity contribution in [3.8, 4) is 0 Å². The van der Waals surface area contributed by atoms with Crippen molar-refractivity contribution in [1.82, 2.24) is 0 Å². The summed E-state index contributed by atoms with van der Waals surface area (Å²) in [4.78, 5) is 1.22. The standard InChI is InChI=1S/C12H13F3OS/c13-12(14,15)5-6-16-7-9-8-17-11-4-2-1-3-10(9)11/h1-4,9H,5-8H2. The molecule has 1 aliphatic heterocycles. The SMILES string of the molecule is FC(F)(F)CCOCC1CSc2ccccc21. The number of thioether (sulfide) groups is 1. The van der Waals surface area contributed by atoms with Crippen molar-refractivity contribution in [2.45, 2.75) is 23.4 Å². The first-order valence-corrected chi connectivity index (χ1v) is 6.41. The van der Waals surface area contributed by atoms with Crippen LogP contribution in [0.2, 0.25) is 0 Å². The van der Waals surface area contributed by atoms with Crippen molar-refractivity contribution in [2.24, 2.45) is 0 Å². The maximum atomic E-state index is 11.9. The van der Waals surface area contributed by atoms with E-state index >= 15 is 0 Å². The maximum absolute atomic E-state index is 11.9. The summed E-state index contributed by atoms with van der Waals surface area (Å²) in [7, 11) is 0. The molecule has 0 fully saturated rings. The minimum absolute atomic E-state index is 0.226. The average molecular weight is 262 g/mol. The van der Waals surface area contributed by atoms with E-state index in [1.165, 1.54) is 10.5 Å². The van der Waals surface area contributed by atoms with E-state index in [1.807, 2.05) is 24.3 Å². The summed E-state index contributed by atoms with van der Waals surface area (Å²) in [5.74, 6) is 1.12. The van der Waals surface area contributed by atoms with E-state index in [1.54, 1.807) is 11.8 Å². The topological polar surface area (TPSA) is 9.23 Å². The second kappa shape index (κ2) is 5.31. The molecule has 1 aromatic rings. The number of hydrogen-bond acceptors (Lipinski definition) is 2. The molecule has 0 N–H and O–H groups in total. The minimum atomic E-state index is -4.12. The lowest BCUT2D eigenvalue weighted by atomic mass is 10.0. The van der Waals surface area contributed by atoms with Crippen LogP contribution in [0.3, 0.4) is 0 Å². The molecule has 0 bridgehead atoms. The van der Waals surface area contributed by atoms with Gasteiger partial charge in [0.1, 0.15) is 0 Å². The fourth-order valence-corrected chi connectivity index (χ4v) is 3.01. The number of halogens is 3. The van der Waals surface area contributed by atoms with Gasteiger partial charge in [0.25, 0.3) is 0 Å². The third-order valence-electron chi connectivity index (χ3n) is 2.65. The lowest BCUT2D eigenvalue weighted by Gasteiger charge is -2.12. The zero-order valence-electron chi connectivity index (χ0n) is 9.17. The van der Waals surface area contributed by atoms with Crippen LogP contribution in [0.5, 0.6) is 0 Å². The van der Waals surface area contributed by atoms with Crippen LogP contribution in [0.25, 0.3) is 0 Å². The highest BCUT2D eigenvalue weighted by Crippen LogP contribution is 2.39. The molecule has 0 aliphatic carbocycles. The average Bonchev–Trinajstić information content (AvgIpc) is 2.67. The number of rotatable bonds is 4. The van der Waals surface area contributed by atoms with Crippen molar-refractivity contribution in [2.75, 3.05) is 19.0 Å². The Morgan fingerprint density at radius 1 is 1.29 bits per heavy atom. The van der Waals surface area contributed by atoms with Gasteiger partial charge in [0.05, 0.1) is 19.6 Å². The summed E-state index contributed by atoms with van der Waals surface area (Å²) in [6.07, 6.45) is -4.99. The fourth-order valence-electron chi connectivity index (χ4n) is 1.78. The van der Waals surface area contributed by atoms with Gasteiger partial charge in [0, 0.05) is 16.6 Å². The summed E-state index contributed by atoms with van der Waals surface area (Å²) in [5.41, 5.74) is 1.20. The minimum Gasteiger partial charge on any atom is -0.380 e. The summed E-state index contributed by atoms with van der Waals surface area (Å²) in [6.45, 7) is 0.132. The first kappa shape index (κ1) is 12.8. The van der Waals surface area contributed by atoms with Crippen molar-refractivity contribution >= 4 is 11.8 Å². The highest BCUT2D eigenvalue weighted by Gasteiger charge is 2.27. The molecule has 0 spiro atoms. The van der Waals surface area contributed by atoms with Crippen molar-refractivity contribution in [1.29, 1.82) is 0 Å². The Labute approximate surface area is 102 Å². The zero-order valence-corrected chi connectivity index (χ0v) is 9.98. The lowest BCUT2D eigenvalue weighted by molar-refractivity contribution is -0.145. The molecule has 0 aromatic heterocycles. The Balaban J connectivity index is 1.78. The molecule has 1 atom stereocenters. The van der Waals surface area contributed by atoms with Crippen LogP contribution < -0.4 is 0 Å². The number of hydrogen-bond donors (Lipinski definition) is 0. The predicted molar refractivity (Wildman–Crippen MR) is 61.4 cm³/mol. The van der Waals surface area contributed by atoms with Gasteiger partial charge in [-0.1, -0.05) is 18.2 Å². The van der Waals surface area contributed by atoms with E-state index < -0.39 is 12.6 Å². The van der Waals surface area contributed by atoms with Crippen LogP contribution in [0, 0.1) is 0 Å². The lowest BCUT2D eigenvalue weighted by Crippen LogP contribution is -2.14. The molecule has 2 rings (SSSR count). The van der Waals surface area contributed by atoms with Gasteiger partial charge in [-0.15, -0.1) is 11.8 Å². The van der Waals surface area contributed by atoms with E-state index in [4.69, 9.17) is 4.74 Å². The highest BCUT2D eigenvalue weighted by atomic mass is 32.2. The molecule has 1 nitrogen and oxygen atoms in total. The van der Waals surface area contributed by atoms with E-state index in [0.29, 0.717) is 6.61 Å². The van der Waals surface area contributed by atoms with Crippen molar-refractivity contribution in [3.05, 3.63) is 29.8 Å². The molecule has 0 radical (unpaired) electrons. The van der Waals surface area contributed by atoms with Crippen LogP contribution in [-0.4, -0.2) is 25.1 Å². The Kier molecular flexibility index (Phi) is 3.99. The van der Waals surface area contributed by atoms with Gasteiger partial charge in [0.15, 0.2) is 0 Å². The monoisotopic (exact) mass is 262 g/mol. The summed E-state index contributed by atoms with van der Waals surface area (Å²) >= 11 is 1.74. The van der Waals surface area contributed by atoms with Crippen LogP contribution in [0.15, 0.2) is 29.2 Å². The molecule has 5 heteroatoms. The largest absolute Gasteiger partial charge is 0.391 e. The van der Waals surface area contributed by atoms with Crippen LogP contribution in [0.4, 0.5) is 13.2 Å². The maximum Gasteiger partial charge on any atom is 0.391 e. The van der Waals surface area contributed by atoms with Gasteiger partial charge in [-0.05, 0) is 11.6 Å². The van der Waals surface area contributed by atoms with Gasteiger partial charge in [-0.25, -0.2) is 0 Å². The zero-order chi connectivity index (χ0) is 12.3. The number of alkyl halides is 3. The third kappa shape index (κ3) is 3.64. The van der Waals surface area contributed by atoms with Crippen LogP contribution in [-0.2, 0) is 4.74 Å². The molecule has 0 amide bonds. The Bertz CT molecular complexity index is 378. The smallest absolute Gasteiger partial charge is 0.380 e. The summed E-state index contributed by atoms with van der Waals surface area (Å²) in [5, 5.41) is 0. The van der Waals surface area contributed by atoms with E-state index in [9.17, 15) is 13.2 Å². The van der Waals surface area contributed by atoms with Gasteiger partial charge >= 0.3 is 6.18 Å². The quantitative estimate of drug-likeness (QED) is 0.762.